The average Bonchev–Trinajstić information content (AvgIpc) is 2.72. The molecule has 0 aliphatic carbocycles. The summed E-state index contributed by atoms with van der Waals surface area (Å²) in [5.74, 6) is 0.653. The van der Waals surface area contributed by atoms with E-state index in [1.165, 1.54) is 0 Å². The number of hydrogen-bond donors (Lipinski definition) is 1. The molecule has 0 bridgehead atoms. The van der Waals surface area contributed by atoms with Gasteiger partial charge in [-0.2, -0.15) is 0 Å². The minimum Gasteiger partial charge on any atom is -0.398 e. The van der Waals surface area contributed by atoms with Gasteiger partial charge in [-0.25, -0.2) is 0 Å². The molecule has 0 saturated carbocycles. The predicted octanol–water partition coefficient (Wildman–Crippen LogP) is 2.03. The highest BCUT2D eigenvalue weighted by Crippen LogP contribution is 2.25. The molecule has 0 atom stereocenters. The first-order valence-corrected chi connectivity index (χ1v) is 5.33. The van der Waals surface area contributed by atoms with Crippen molar-refractivity contribution in [2.45, 2.75) is 0 Å². The van der Waals surface area contributed by atoms with Crippen LogP contribution >= 0.6 is 11.6 Å². The second kappa shape index (κ2) is 3.71. The van der Waals surface area contributed by atoms with Gasteiger partial charge in [-0.1, -0.05) is 11.6 Å². The lowest BCUT2D eigenvalue weighted by Gasteiger charge is -2.02. The molecule has 3 aromatic heterocycles. The Hall–Kier alpha value is -2.14. The Bertz CT molecular complexity index is 691. The molecule has 2 N–H and O–H groups in total. The molecule has 0 spiro atoms. The number of nitrogens with zero attached hydrogens (tertiary/aromatic N) is 4. The van der Waals surface area contributed by atoms with Crippen molar-refractivity contribution in [2.24, 2.45) is 0 Å². The van der Waals surface area contributed by atoms with Crippen molar-refractivity contribution in [1.29, 1.82) is 0 Å². The van der Waals surface area contributed by atoms with Gasteiger partial charge in [0.2, 0.25) is 0 Å². The van der Waals surface area contributed by atoms with Crippen LogP contribution in [-0.2, 0) is 0 Å². The van der Waals surface area contributed by atoms with Gasteiger partial charge in [0, 0.05) is 29.8 Å². The van der Waals surface area contributed by atoms with E-state index in [2.05, 4.69) is 15.2 Å². The third kappa shape index (κ3) is 1.60. The zero-order valence-corrected chi connectivity index (χ0v) is 9.46. The van der Waals surface area contributed by atoms with Crippen LogP contribution in [0.1, 0.15) is 0 Å². The molecule has 0 amide bonds. The molecular weight excluding hydrogens is 238 g/mol. The Morgan fingerprint density at radius 3 is 2.88 bits per heavy atom. The van der Waals surface area contributed by atoms with Crippen LogP contribution < -0.4 is 5.73 Å². The average molecular weight is 246 g/mol. The van der Waals surface area contributed by atoms with Gasteiger partial charge in [0.1, 0.15) is 0 Å². The Morgan fingerprint density at radius 2 is 2.06 bits per heavy atom. The zero-order chi connectivity index (χ0) is 11.8. The number of hydrogen-bond acceptors (Lipinski definition) is 4. The first-order valence-electron chi connectivity index (χ1n) is 4.96. The quantitative estimate of drug-likeness (QED) is 0.712. The lowest BCUT2D eigenvalue weighted by atomic mass is 10.2. The van der Waals surface area contributed by atoms with Gasteiger partial charge in [0.05, 0.1) is 5.02 Å². The van der Waals surface area contributed by atoms with E-state index in [0.29, 0.717) is 16.5 Å². The summed E-state index contributed by atoms with van der Waals surface area (Å²) in [6, 6.07) is 5.38. The van der Waals surface area contributed by atoms with E-state index in [0.717, 1.165) is 11.2 Å². The number of anilines is 1. The van der Waals surface area contributed by atoms with Crippen molar-refractivity contribution in [1.82, 2.24) is 19.6 Å². The van der Waals surface area contributed by atoms with Gasteiger partial charge >= 0.3 is 0 Å². The van der Waals surface area contributed by atoms with E-state index in [-0.39, 0.29) is 0 Å². The molecule has 84 valence electrons. The fraction of sp³-hybridized carbons (Fsp3) is 0. The van der Waals surface area contributed by atoms with Crippen molar-refractivity contribution < 1.29 is 0 Å². The van der Waals surface area contributed by atoms with E-state index in [4.69, 9.17) is 17.3 Å². The molecule has 0 unspecified atom stereocenters. The van der Waals surface area contributed by atoms with Gasteiger partial charge in [-0.05, 0) is 18.2 Å². The predicted molar refractivity (Wildman–Crippen MR) is 65.6 cm³/mol. The fourth-order valence-corrected chi connectivity index (χ4v) is 1.85. The van der Waals surface area contributed by atoms with Gasteiger partial charge in [0.15, 0.2) is 11.5 Å². The summed E-state index contributed by atoms with van der Waals surface area (Å²) >= 11 is 6.08. The molecule has 5 nitrogen and oxygen atoms in total. The molecule has 0 fully saturated rings. The van der Waals surface area contributed by atoms with Gasteiger partial charge in [-0.3, -0.25) is 9.38 Å². The SMILES string of the molecule is Nc1ccc2nnc(-c3ccncc3Cl)n2c1. The second-order valence-corrected chi connectivity index (χ2v) is 3.98. The smallest absolute Gasteiger partial charge is 0.170 e. The van der Waals surface area contributed by atoms with Crippen LogP contribution in [-0.4, -0.2) is 19.6 Å². The highest BCUT2D eigenvalue weighted by atomic mass is 35.5. The summed E-state index contributed by atoms with van der Waals surface area (Å²) < 4.78 is 1.80. The summed E-state index contributed by atoms with van der Waals surface area (Å²) in [6.07, 6.45) is 5.00. The minimum atomic E-state index is 0.532. The lowest BCUT2D eigenvalue weighted by Crippen LogP contribution is -1.93. The van der Waals surface area contributed by atoms with Gasteiger partial charge in [0.25, 0.3) is 0 Å². The summed E-state index contributed by atoms with van der Waals surface area (Å²) in [4.78, 5) is 3.94. The zero-order valence-electron chi connectivity index (χ0n) is 8.71. The number of pyridine rings is 2. The monoisotopic (exact) mass is 245 g/mol. The molecule has 6 heteroatoms. The van der Waals surface area contributed by atoms with E-state index in [1.54, 1.807) is 41.2 Å². The molecule has 0 radical (unpaired) electrons. The van der Waals surface area contributed by atoms with Crippen molar-refractivity contribution in [3.8, 4) is 11.4 Å². The lowest BCUT2D eigenvalue weighted by molar-refractivity contribution is 1.11. The fourth-order valence-electron chi connectivity index (χ4n) is 1.65. The first-order chi connectivity index (χ1) is 8.25. The number of halogens is 1. The van der Waals surface area contributed by atoms with Crippen LogP contribution in [0.2, 0.25) is 5.02 Å². The number of rotatable bonds is 1. The highest BCUT2D eigenvalue weighted by Gasteiger charge is 2.11. The largest absolute Gasteiger partial charge is 0.398 e. The van der Waals surface area contributed by atoms with Crippen LogP contribution in [0.5, 0.6) is 0 Å². The van der Waals surface area contributed by atoms with Crippen molar-refractivity contribution in [2.75, 3.05) is 5.73 Å². The molecule has 3 heterocycles. The van der Waals surface area contributed by atoms with Crippen LogP contribution in [0.25, 0.3) is 17.0 Å². The third-order valence-corrected chi connectivity index (χ3v) is 2.74. The maximum Gasteiger partial charge on any atom is 0.170 e. The van der Waals surface area contributed by atoms with E-state index in [9.17, 15) is 0 Å². The molecule has 3 aromatic rings. The van der Waals surface area contributed by atoms with E-state index < -0.39 is 0 Å². The molecule has 17 heavy (non-hydrogen) atoms. The maximum atomic E-state index is 6.08. The molecular formula is C11H8ClN5. The number of nitrogen functional groups attached to an aromatic ring is 1. The van der Waals surface area contributed by atoms with Crippen LogP contribution in [0.15, 0.2) is 36.8 Å². The Kier molecular flexibility index (Phi) is 2.19. The number of fused-ring (bicyclic) bond motifs is 1. The standard InChI is InChI=1S/C11H8ClN5/c12-9-5-14-4-3-8(9)11-16-15-10-2-1-7(13)6-17(10)11/h1-6H,13H2. The van der Waals surface area contributed by atoms with Crippen molar-refractivity contribution in [3.63, 3.8) is 0 Å². The molecule has 3 rings (SSSR count). The number of nitrogens with two attached hydrogens (primary N) is 1. The minimum absolute atomic E-state index is 0.532. The summed E-state index contributed by atoms with van der Waals surface area (Å²) in [6.45, 7) is 0. The Balaban J connectivity index is 2.31. The van der Waals surface area contributed by atoms with E-state index in [1.807, 2.05) is 0 Å². The molecule has 0 aromatic carbocycles. The maximum absolute atomic E-state index is 6.08. The van der Waals surface area contributed by atoms with Crippen LogP contribution in [0.4, 0.5) is 5.69 Å². The van der Waals surface area contributed by atoms with Crippen molar-refractivity contribution in [3.05, 3.63) is 41.8 Å². The van der Waals surface area contributed by atoms with Crippen LogP contribution in [0, 0.1) is 0 Å². The first kappa shape index (κ1) is 10.0. The van der Waals surface area contributed by atoms with Crippen molar-refractivity contribution >= 4 is 22.9 Å². The summed E-state index contributed by atoms with van der Waals surface area (Å²) in [5, 5.41) is 8.70. The molecule has 0 aliphatic rings. The Morgan fingerprint density at radius 1 is 1.18 bits per heavy atom. The third-order valence-electron chi connectivity index (χ3n) is 2.44. The molecule has 0 aliphatic heterocycles. The number of aromatic nitrogens is 4. The van der Waals surface area contributed by atoms with Gasteiger partial charge in [-0.15, -0.1) is 10.2 Å². The van der Waals surface area contributed by atoms with Gasteiger partial charge < -0.3 is 5.73 Å². The Labute approximate surface area is 102 Å². The highest BCUT2D eigenvalue weighted by molar-refractivity contribution is 6.33. The molecule has 0 saturated heterocycles. The topological polar surface area (TPSA) is 69.1 Å². The van der Waals surface area contributed by atoms with E-state index >= 15 is 0 Å². The summed E-state index contributed by atoms with van der Waals surface area (Å²) in [7, 11) is 0. The second-order valence-electron chi connectivity index (χ2n) is 3.57. The normalized spacial score (nSPS) is 10.9. The summed E-state index contributed by atoms with van der Waals surface area (Å²) in [5.41, 5.74) is 7.89. The van der Waals surface area contributed by atoms with Crippen LogP contribution in [0.3, 0.4) is 0 Å².